The van der Waals surface area contributed by atoms with Crippen molar-refractivity contribution in [2.24, 2.45) is 0 Å². The van der Waals surface area contributed by atoms with Gasteiger partial charge in [0.1, 0.15) is 12.2 Å². The van der Waals surface area contributed by atoms with Crippen LogP contribution in [-0.4, -0.2) is 14.8 Å². The molecular weight excluding hydrogens is 280 g/mol. The van der Waals surface area contributed by atoms with Crippen molar-refractivity contribution in [2.45, 2.75) is 26.4 Å². The molecule has 0 spiro atoms. The monoisotopic (exact) mass is 294 g/mol. The van der Waals surface area contributed by atoms with Gasteiger partial charge in [0, 0.05) is 16.2 Å². The van der Waals surface area contributed by atoms with Crippen LogP contribution in [0.5, 0.6) is 0 Å². The lowest BCUT2D eigenvalue weighted by atomic mass is 10.3. The third-order valence-electron chi connectivity index (χ3n) is 2.45. The minimum absolute atomic E-state index is 0.327. The van der Waals surface area contributed by atoms with Crippen LogP contribution in [0.25, 0.3) is 0 Å². The molecule has 0 amide bonds. The van der Waals surface area contributed by atoms with Gasteiger partial charge in [-0.05, 0) is 41.9 Å². The molecule has 0 saturated carbocycles. The molecule has 0 fully saturated rings. The minimum Gasteiger partial charge on any atom is -0.377 e. The molecule has 0 bridgehead atoms. The first kappa shape index (κ1) is 12.1. The van der Waals surface area contributed by atoms with Crippen molar-refractivity contribution < 1.29 is 0 Å². The third-order valence-corrected chi connectivity index (χ3v) is 3.14. The topological polar surface area (TPSA) is 42.7 Å². The molecule has 0 aliphatic rings. The van der Waals surface area contributed by atoms with Crippen LogP contribution >= 0.6 is 15.9 Å². The van der Waals surface area contributed by atoms with Gasteiger partial charge in [-0.15, -0.1) is 0 Å². The number of nitrogens with one attached hydrogen (secondary N) is 1. The summed E-state index contributed by atoms with van der Waals surface area (Å²) < 4.78 is 2.97. The highest BCUT2D eigenvalue weighted by Gasteiger charge is 2.07. The van der Waals surface area contributed by atoms with Crippen LogP contribution in [0.1, 0.15) is 25.7 Å². The Kier molecular flexibility index (Phi) is 3.78. The number of rotatable bonds is 4. The Morgan fingerprint density at radius 3 is 2.82 bits per heavy atom. The lowest BCUT2D eigenvalue weighted by molar-refractivity contribution is 0.509. The maximum absolute atomic E-state index is 4.26. The summed E-state index contributed by atoms with van der Waals surface area (Å²) in [7, 11) is 0. The Bertz CT molecular complexity index is 493. The van der Waals surface area contributed by atoms with E-state index >= 15 is 0 Å². The maximum atomic E-state index is 4.26. The molecule has 0 aliphatic heterocycles. The van der Waals surface area contributed by atoms with Gasteiger partial charge >= 0.3 is 0 Å². The summed E-state index contributed by atoms with van der Waals surface area (Å²) in [6.07, 6.45) is 1.59. The maximum Gasteiger partial charge on any atom is 0.146 e. The molecule has 0 unspecified atom stereocenters. The Morgan fingerprint density at radius 2 is 2.12 bits per heavy atom. The van der Waals surface area contributed by atoms with Gasteiger partial charge < -0.3 is 5.32 Å². The van der Waals surface area contributed by atoms with Gasteiger partial charge in [0.15, 0.2) is 0 Å². The highest BCUT2D eigenvalue weighted by atomic mass is 79.9. The number of aromatic nitrogens is 3. The molecule has 4 nitrogen and oxygen atoms in total. The van der Waals surface area contributed by atoms with Crippen molar-refractivity contribution in [3.63, 3.8) is 0 Å². The first-order valence-corrected chi connectivity index (χ1v) is 6.34. The van der Waals surface area contributed by atoms with E-state index in [0.29, 0.717) is 12.6 Å². The van der Waals surface area contributed by atoms with Crippen LogP contribution < -0.4 is 5.32 Å². The molecule has 17 heavy (non-hydrogen) atoms. The van der Waals surface area contributed by atoms with E-state index in [2.05, 4.69) is 45.2 Å². The summed E-state index contributed by atoms with van der Waals surface area (Å²) in [5, 5.41) is 7.54. The first-order chi connectivity index (χ1) is 8.18. The summed E-state index contributed by atoms with van der Waals surface area (Å²) in [5.74, 6) is 0.941. The van der Waals surface area contributed by atoms with Crippen molar-refractivity contribution in [3.8, 4) is 0 Å². The summed E-state index contributed by atoms with van der Waals surface area (Å²) in [6, 6.07) is 8.36. The van der Waals surface area contributed by atoms with Gasteiger partial charge in [-0.1, -0.05) is 12.1 Å². The van der Waals surface area contributed by atoms with Gasteiger partial charge in [-0.2, -0.15) is 5.10 Å². The third kappa shape index (κ3) is 2.85. The summed E-state index contributed by atoms with van der Waals surface area (Å²) in [5.41, 5.74) is 1.06. The van der Waals surface area contributed by atoms with E-state index in [1.807, 2.05) is 28.9 Å². The zero-order valence-corrected chi connectivity index (χ0v) is 11.5. The summed E-state index contributed by atoms with van der Waals surface area (Å²) in [6.45, 7) is 4.86. The number of halogens is 1. The molecule has 2 aromatic rings. The fourth-order valence-corrected chi connectivity index (χ4v) is 2.04. The molecule has 1 heterocycles. The predicted octanol–water partition coefficient (Wildman–Crippen LogP) is 3.23. The van der Waals surface area contributed by atoms with Crippen LogP contribution in [-0.2, 0) is 6.54 Å². The minimum atomic E-state index is 0.327. The molecule has 0 radical (unpaired) electrons. The molecule has 90 valence electrons. The lowest BCUT2D eigenvalue weighted by Crippen LogP contribution is -2.12. The van der Waals surface area contributed by atoms with Gasteiger partial charge in [0.05, 0.1) is 6.54 Å². The van der Waals surface area contributed by atoms with Crippen molar-refractivity contribution in [2.75, 3.05) is 5.32 Å². The van der Waals surface area contributed by atoms with E-state index in [0.717, 1.165) is 16.0 Å². The second-order valence-corrected chi connectivity index (χ2v) is 4.90. The van der Waals surface area contributed by atoms with E-state index in [1.54, 1.807) is 6.33 Å². The molecule has 0 aliphatic carbocycles. The average molecular weight is 295 g/mol. The molecule has 1 N–H and O–H groups in total. The Morgan fingerprint density at radius 1 is 1.35 bits per heavy atom. The lowest BCUT2D eigenvalue weighted by Gasteiger charge is -2.11. The quantitative estimate of drug-likeness (QED) is 0.941. The number of benzene rings is 1. The van der Waals surface area contributed by atoms with E-state index in [-0.39, 0.29) is 0 Å². The van der Waals surface area contributed by atoms with E-state index in [4.69, 9.17) is 0 Å². The predicted molar refractivity (Wildman–Crippen MR) is 71.9 cm³/mol. The molecule has 5 heteroatoms. The SMILES string of the molecule is CC(C)n1ncnc1CNc1ccccc1Br. The van der Waals surface area contributed by atoms with Crippen molar-refractivity contribution >= 4 is 21.6 Å². The number of hydrogen-bond donors (Lipinski definition) is 1. The van der Waals surface area contributed by atoms with Gasteiger partial charge in [-0.3, -0.25) is 0 Å². The van der Waals surface area contributed by atoms with Gasteiger partial charge in [-0.25, -0.2) is 9.67 Å². The zero-order chi connectivity index (χ0) is 12.3. The van der Waals surface area contributed by atoms with Crippen LogP contribution in [0.3, 0.4) is 0 Å². The standard InChI is InChI=1S/C12H15BrN4/c1-9(2)17-12(15-8-16-17)7-14-11-6-4-3-5-10(11)13/h3-6,8-9,14H,7H2,1-2H3. The van der Waals surface area contributed by atoms with Crippen molar-refractivity contribution in [3.05, 3.63) is 40.9 Å². The Labute approximate surface area is 109 Å². The molecule has 1 aromatic heterocycles. The van der Waals surface area contributed by atoms with E-state index in [9.17, 15) is 0 Å². The summed E-state index contributed by atoms with van der Waals surface area (Å²) >= 11 is 3.50. The highest BCUT2D eigenvalue weighted by Crippen LogP contribution is 2.21. The largest absolute Gasteiger partial charge is 0.377 e. The fourth-order valence-electron chi connectivity index (χ4n) is 1.61. The Balaban J connectivity index is 2.08. The van der Waals surface area contributed by atoms with Crippen LogP contribution in [0, 0.1) is 0 Å². The summed E-state index contributed by atoms with van der Waals surface area (Å²) in [4.78, 5) is 4.26. The first-order valence-electron chi connectivity index (χ1n) is 5.55. The van der Waals surface area contributed by atoms with Gasteiger partial charge in [0.25, 0.3) is 0 Å². The number of anilines is 1. The fraction of sp³-hybridized carbons (Fsp3) is 0.333. The molecule has 0 atom stereocenters. The van der Waals surface area contributed by atoms with E-state index in [1.165, 1.54) is 0 Å². The van der Waals surface area contributed by atoms with E-state index < -0.39 is 0 Å². The zero-order valence-electron chi connectivity index (χ0n) is 9.89. The average Bonchev–Trinajstić information content (AvgIpc) is 2.76. The second kappa shape index (κ2) is 5.31. The van der Waals surface area contributed by atoms with Crippen LogP contribution in [0.2, 0.25) is 0 Å². The number of para-hydroxylation sites is 1. The highest BCUT2D eigenvalue weighted by molar-refractivity contribution is 9.10. The molecule has 1 aromatic carbocycles. The van der Waals surface area contributed by atoms with Crippen LogP contribution in [0.4, 0.5) is 5.69 Å². The number of hydrogen-bond acceptors (Lipinski definition) is 3. The second-order valence-electron chi connectivity index (χ2n) is 4.05. The Hall–Kier alpha value is -1.36. The van der Waals surface area contributed by atoms with Crippen molar-refractivity contribution in [1.29, 1.82) is 0 Å². The van der Waals surface area contributed by atoms with Crippen molar-refractivity contribution in [1.82, 2.24) is 14.8 Å². The smallest absolute Gasteiger partial charge is 0.146 e. The molecule has 2 rings (SSSR count). The molecular formula is C12H15BrN4. The normalized spacial score (nSPS) is 10.8. The van der Waals surface area contributed by atoms with Gasteiger partial charge in [0.2, 0.25) is 0 Å². The van der Waals surface area contributed by atoms with Crippen LogP contribution in [0.15, 0.2) is 35.1 Å². The molecule has 0 saturated heterocycles. The number of nitrogens with zero attached hydrogens (tertiary/aromatic N) is 3.